The van der Waals surface area contributed by atoms with Crippen LogP contribution in [0.1, 0.15) is 54.8 Å². The highest BCUT2D eigenvalue weighted by Gasteiger charge is 2.49. The van der Waals surface area contributed by atoms with Gasteiger partial charge in [-0.15, -0.1) is 0 Å². The second-order valence-electron chi connectivity index (χ2n) is 9.66. The average Bonchev–Trinajstić information content (AvgIpc) is 3.20. The molecular formula is C26H32N2O4. The van der Waals surface area contributed by atoms with Crippen LogP contribution in [0, 0.1) is 19.8 Å². The number of anilines is 1. The number of nitrogens with zero attached hydrogens (tertiary/aromatic N) is 1. The number of rotatable bonds is 4. The number of ether oxygens (including phenoxy) is 2. The highest BCUT2D eigenvalue weighted by atomic mass is 16.7. The van der Waals surface area contributed by atoms with E-state index in [2.05, 4.69) is 22.3 Å². The number of carbonyl (C=O) groups is 1. The summed E-state index contributed by atoms with van der Waals surface area (Å²) in [6.07, 6.45) is 4.67. The summed E-state index contributed by atoms with van der Waals surface area (Å²) in [5, 5.41) is 14.6. The maximum absolute atomic E-state index is 13.0. The number of carbonyl (C=O) groups excluding carboxylic acids is 1. The van der Waals surface area contributed by atoms with Crippen LogP contribution in [0.4, 0.5) is 5.69 Å². The van der Waals surface area contributed by atoms with Gasteiger partial charge in [-0.25, -0.2) is 0 Å². The molecule has 3 atom stereocenters. The van der Waals surface area contributed by atoms with Crippen molar-refractivity contribution in [2.75, 3.05) is 25.2 Å². The molecule has 0 aromatic heterocycles. The van der Waals surface area contributed by atoms with Gasteiger partial charge in [0.25, 0.3) is 0 Å². The van der Waals surface area contributed by atoms with Gasteiger partial charge >= 0.3 is 0 Å². The van der Waals surface area contributed by atoms with E-state index in [1.807, 2.05) is 38.1 Å². The van der Waals surface area contributed by atoms with Crippen LogP contribution in [0.25, 0.3) is 0 Å². The molecule has 5 rings (SSSR count). The minimum atomic E-state index is -0.667. The molecular weight excluding hydrogens is 404 g/mol. The van der Waals surface area contributed by atoms with Crippen molar-refractivity contribution in [3.8, 4) is 11.5 Å². The lowest BCUT2D eigenvalue weighted by Gasteiger charge is -2.52. The maximum atomic E-state index is 13.0. The van der Waals surface area contributed by atoms with Crippen LogP contribution < -0.4 is 14.8 Å². The molecule has 2 N–H and O–H groups in total. The van der Waals surface area contributed by atoms with E-state index in [4.69, 9.17) is 9.47 Å². The van der Waals surface area contributed by atoms with Crippen LogP contribution >= 0.6 is 0 Å². The fourth-order valence-electron chi connectivity index (χ4n) is 5.89. The summed E-state index contributed by atoms with van der Waals surface area (Å²) in [5.41, 5.74) is 3.50. The van der Waals surface area contributed by atoms with Crippen LogP contribution in [0.15, 0.2) is 36.4 Å². The Labute approximate surface area is 189 Å². The molecule has 2 aliphatic heterocycles. The summed E-state index contributed by atoms with van der Waals surface area (Å²) in [6, 6.07) is 12.1. The summed E-state index contributed by atoms with van der Waals surface area (Å²) >= 11 is 0. The van der Waals surface area contributed by atoms with E-state index in [9.17, 15) is 9.90 Å². The second-order valence-corrected chi connectivity index (χ2v) is 9.66. The van der Waals surface area contributed by atoms with E-state index in [1.54, 1.807) is 0 Å². The van der Waals surface area contributed by atoms with Crippen LogP contribution in [0.5, 0.6) is 11.5 Å². The van der Waals surface area contributed by atoms with E-state index >= 15 is 0 Å². The van der Waals surface area contributed by atoms with Crippen LogP contribution in [-0.2, 0) is 4.79 Å². The minimum absolute atomic E-state index is 0.0259. The van der Waals surface area contributed by atoms with E-state index in [0.717, 1.165) is 59.6 Å². The van der Waals surface area contributed by atoms with Gasteiger partial charge in [-0.3, -0.25) is 9.69 Å². The number of hydrogen-bond acceptors (Lipinski definition) is 5. The lowest BCUT2D eigenvalue weighted by molar-refractivity contribution is -0.135. The standard InChI is InChI=1S/C26H32N2O4/c1-17-11-18(2)13-20(12-17)27-24(29)15-28-10-9-26(30)8-4-3-5-21(26)25(28)19-6-7-22-23(14-19)32-16-31-22/h6-7,11-14,21,25,30H,3-5,8-10,15-16H2,1-2H3,(H,27,29)/t21-,25-,26+/m0/s1. The van der Waals surface area contributed by atoms with Crippen molar-refractivity contribution in [1.82, 2.24) is 4.90 Å². The molecule has 0 unspecified atom stereocenters. The Morgan fingerprint density at radius 1 is 1.09 bits per heavy atom. The lowest BCUT2D eigenvalue weighted by atomic mass is 9.66. The van der Waals surface area contributed by atoms with Crippen molar-refractivity contribution in [2.24, 2.45) is 5.92 Å². The number of piperidine rings is 1. The number of fused-ring (bicyclic) bond motifs is 2. The molecule has 32 heavy (non-hydrogen) atoms. The molecule has 2 heterocycles. The van der Waals surface area contributed by atoms with Crippen molar-refractivity contribution < 1.29 is 19.4 Å². The van der Waals surface area contributed by atoms with E-state index < -0.39 is 5.60 Å². The SMILES string of the molecule is Cc1cc(C)cc(NC(=O)CN2CC[C@]3(O)CCCC[C@H]3[C@@H]2c2ccc3c(c2)OCO3)c1. The monoisotopic (exact) mass is 436 g/mol. The third-order valence-corrected chi connectivity index (χ3v) is 7.26. The minimum Gasteiger partial charge on any atom is -0.454 e. The summed E-state index contributed by atoms with van der Waals surface area (Å²) in [4.78, 5) is 15.3. The highest BCUT2D eigenvalue weighted by molar-refractivity contribution is 5.92. The van der Waals surface area contributed by atoms with Gasteiger partial charge in [0, 0.05) is 24.2 Å². The Balaban J connectivity index is 1.41. The first kappa shape index (κ1) is 21.3. The summed E-state index contributed by atoms with van der Waals surface area (Å²) in [5.74, 6) is 1.57. The molecule has 0 radical (unpaired) electrons. The first-order chi connectivity index (χ1) is 15.4. The first-order valence-electron chi connectivity index (χ1n) is 11.7. The Kier molecular flexibility index (Phi) is 5.59. The van der Waals surface area contributed by atoms with Gasteiger partial charge in [-0.1, -0.05) is 25.0 Å². The number of likely N-dealkylation sites (tertiary alicyclic amines) is 1. The Morgan fingerprint density at radius 3 is 2.69 bits per heavy atom. The maximum Gasteiger partial charge on any atom is 0.238 e. The van der Waals surface area contributed by atoms with Gasteiger partial charge in [0.05, 0.1) is 12.1 Å². The topological polar surface area (TPSA) is 71.0 Å². The second kappa shape index (κ2) is 8.41. The zero-order valence-electron chi connectivity index (χ0n) is 18.9. The van der Waals surface area contributed by atoms with Gasteiger partial charge in [-0.2, -0.15) is 0 Å². The Morgan fingerprint density at radius 2 is 1.88 bits per heavy atom. The number of nitrogens with one attached hydrogen (secondary N) is 1. The molecule has 1 amide bonds. The lowest BCUT2D eigenvalue weighted by Crippen LogP contribution is -2.56. The van der Waals surface area contributed by atoms with Crippen LogP contribution in [0.3, 0.4) is 0 Å². The quantitative estimate of drug-likeness (QED) is 0.746. The van der Waals surface area contributed by atoms with E-state index in [0.29, 0.717) is 19.5 Å². The molecule has 2 aromatic rings. The first-order valence-corrected chi connectivity index (χ1v) is 11.7. The van der Waals surface area contributed by atoms with Crippen LogP contribution in [-0.4, -0.2) is 41.4 Å². The molecule has 170 valence electrons. The number of aliphatic hydroxyl groups is 1. The average molecular weight is 437 g/mol. The summed E-state index contributed by atoms with van der Waals surface area (Å²) < 4.78 is 11.1. The molecule has 1 saturated heterocycles. The smallest absolute Gasteiger partial charge is 0.238 e. The third-order valence-electron chi connectivity index (χ3n) is 7.26. The zero-order valence-corrected chi connectivity index (χ0v) is 18.9. The van der Waals surface area contributed by atoms with Gasteiger partial charge < -0.3 is 19.9 Å². The molecule has 0 bridgehead atoms. The Bertz CT molecular complexity index is 1000. The van der Waals surface area contributed by atoms with Crippen molar-refractivity contribution in [3.05, 3.63) is 53.1 Å². The van der Waals surface area contributed by atoms with Crippen LogP contribution in [0.2, 0.25) is 0 Å². The normalized spacial score (nSPS) is 27.1. The Hall–Kier alpha value is -2.57. The van der Waals surface area contributed by atoms with Crippen molar-refractivity contribution in [1.29, 1.82) is 0 Å². The molecule has 1 aliphatic carbocycles. The van der Waals surface area contributed by atoms with Gasteiger partial charge in [0.15, 0.2) is 11.5 Å². The fourth-order valence-corrected chi connectivity index (χ4v) is 5.89. The highest BCUT2D eigenvalue weighted by Crippen LogP contribution is 2.50. The summed E-state index contributed by atoms with van der Waals surface area (Å²) in [6.45, 7) is 5.28. The number of hydrogen-bond donors (Lipinski definition) is 2. The molecule has 0 spiro atoms. The van der Waals surface area contributed by atoms with E-state index in [-0.39, 0.29) is 24.7 Å². The van der Waals surface area contributed by atoms with Gasteiger partial charge in [0.1, 0.15) is 0 Å². The molecule has 2 fully saturated rings. The molecule has 6 heteroatoms. The fraction of sp³-hybridized carbons (Fsp3) is 0.500. The van der Waals surface area contributed by atoms with E-state index in [1.165, 1.54) is 0 Å². The predicted molar refractivity (Wildman–Crippen MR) is 123 cm³/mol. The number of amides is 1. The summed E-state index contributed by atoms with van der Waals surface area (Å²) in [7, 11) is 0. The largest absolute Gasteiger partial charge is 0.454 e. The molecule has 1 saturated carbocycles. The van der Waals surface area contributed by atoms with Gasteiger partial charge in [-0.05, 0) is 74.1 Å². The van der Waals surface area contributed by atoms with Crippen molar-refractivity contribution in [2.45, 2.75) is 57.6 Å². The zero-order chi connectivity index (χ0) is 22.3. The molecule has 2 aromatic carbocycles. The molecule has 6 nitrogen and oxygen atoms in total. The number of benzene rings is 2. The predicted octanol–water partition coefficient (Wildman–Crippen LogP) is 4.34. The van der Waals surface area contributed by atoms with Crippen molar-refractivity contribution >= 4 is 11.6 Å². The van der Waals surface area contributed by atoms with Gasteiger partial charge in [0.2, 0.25) is 12.7 Å². The van der Waals surface area contributed by atoms with Crippen molar-refractivity contribution in [3.63, 3.8) is 0 Å². The third kappa shape index (κ3) is 4.09. The molecule has 3 aliphatic rings. The number of aryl methyl sites for hydroxylation is 2.